The molecular weight excluding hydrogens is 332 g/mol. The number of nitrogens with zero attached hydrogens (tertiary/aromatic N) is 3. The molecule has 3 rings (SSSR count). The molecule has 23 heavy (non-hydrogen) atoms. The second-order valence-corrected chi connectivity index (χ2v) is 6.67. The summed E-state index contributed by atoms with van der Waals surface area (Å²) in [4.78, 5) is 15.8. The first-order valence-electron chi connectivity index (χ1n) is 6.85. The highest BCUT2D eigenvalue weighted by atomic mass is 32.2. The maximum absolute atomic E-state index is 11.8. The van der Waals surface area contributed by atoms with Crippen molar-refractivity contribution in [3.63, 3.8) is 0 Å². The lowest BCUT2D eigenvalue weighted by atomic mass is 10.1. The van der Waals surface area contributed by atoms with Crippen LogP contribution >= 0.6 is 23.1 Å². The molecule has 8 heteroatoms. The highest BCUT2D eigenvalue weighted by Gasteiger charge is 2.12. The predicted molar refractivity (Wildman–Crippen MR) is 90.7 cm³/mol. The third kappa shape index (κ3) is 3.96. The Kier molecular flexibility index (Phi) is 4.73. The molecule has 1 amide bonds. The summed E-state index contributed by atoms with van der Waals surface area (Å²) in [7, 11) is 0. The quantitative estimate of drug-likeness (QED) is 0.712. The van der Waals surface area contributed by atoms with Crippen molar-refractivity contribution in [3.05, 3.63) is 40.9 Å². The molecule has 0 unspecified atom stereocenters. The second kappa shape index (κ2) is 6.93. The highest BCUT2D eigenvalue weighted by Crippen LogP contribution is 2.25. The predicted octanol–water partition coefficient (Wildman–Crippen LogP) is 3.54. The Morgan fingerprint density at radius 3 is 2.91 bits per heavy atom. The molecule has 6 nitrogen and oxygen atoms in total. The minimum Gasteiger partial charge on any atom is -0.411 e. The average molecular weight is 346 g/mol. The van der Waals surface area contributed by atoms with E-state index in [4.69, 9.17) is 4.42 Å². The molecule has 1 N–H and O–H groups in total. The van der Waals surface area contributed by atoms with Crippen molar-refractivity contribution >= 4 is 34.1 Å². The number of hydrogen-bond acceptors (Lipinski definition) is 7. The Morgan fingerprint density at radius 2 is 2.17 bits per heavy atom. The summed E-state index contributed by atoms with van der Waals surface area (Å²) in [6.45, 7) is 4.09. The lowest BCUT2D eigenvalue weighted by Crippen LogP contribution is -2.13. The van der Waals surface area contributed by atoms with E-state index in [0.717, 1.165) is 11.1 Å². The molecule has 1 aromatic carbocycles. The van der Waals surface area contributed by atoms with Gasteiger partial charge in [-0.05, 0) is 37.1 Å². The molecule has 118 valence electrons. The van der Waals surface area contributed by atoms with Crippen molar-refractivity contribution < 1.29 is 9.21 Å². The number of aryl methyl sites for hydroxylation is 2. The minimum atomic E-state index is -0.157. The van der Waals surface area contributed by atoms with Gasteiger partial charge in [-0.25, -0.2) is 4.98 Å². The molecule has 0 fully saturated rings. The molecular formula is C15H14N4O2S2. The lowest BCUT2D eigenvalue weighted by molar-refractivity contribution is -0.113. The number of nitrogens with one attached hydrogen (secondary N) is 1. The van der Waals surface area contributed by atoms with E-state index in [1.54, 1.807) is 11.6 Å². The van der Waals surface area contributed by atoms with E-state index in [0.29, 0.717) is 16.2 Å². The van der Waals surface area contributed by atoms with Crippen LogP contribution in [0.1, 0.15) is 11.1 Å². The molecule has 0 aliphatic carbocycles. The van der Waals surface area contributed by atoms with Crippen LogP contribution in [0, 0.1) is 13.8 Å². The summed E-state index contributed by atoms with van der Waals surface area (Å²) in [6.07, 6.45) is 1.64. The van der Waals surface area contributed by atoms with E-state index in [-0.39, 0.29) is 11.7 Å². The Labute approximate surface area is 141 Å². The summed E-state index contributed by atoms with van der Waals surface area (Å²) in [5.41, 5.74) is 3.25. The van der Waals surface area contributed by atoms with Crippen LogP contribution in [0.4, 0.5) is 5.13 Å². The van der Waals surface area contributed by atoms with E-state index >= 15 is 0 Å². The van der Waals surface area contributed by atoms with E-state index in [1.807, 2.05) is 25.1 Å². The average Bonchev–Trinajstić information content (AvgIpc) is 3.19. The fraction of sp³-hybridized carbons (Fsp3) is 0.200. The maximum atomic E-state index is 11.8. The van der Waals surface area contributed by atoms with Crippen LogP contribution in [0.3, 0.4) is 0 Å². The summed E-state index contributed by atoms with van der Waals surface area (Å²) < 4.78 is 5.60. The Balaban J connectivity index is 1.61. The largest absolute Gasteiger partial charge is 0.411 e. The van der Waals surface area contributed by atoms with Gasteiger partial charge in [0.2, 0.25) is 11.8 Å². The van der Waals surface area contributed by atoms with Crippen LogP contribution in [0.15, 0.2) is 39.4 Å². The van der Waals surface area contributed by atoms with Gasteiger partial charge in [0.25, 0.3) is 5.22 Å². The van der Waals surface area contributed by atoms with Crippen LogP contribution in [-0.2, 0) is 4.79 Å². The zero-order chi connectivity index (χ0) is 16.2. The first-order valence-corrected chi connectivity index (χ1v) is 8.71. The molecule has 0 saturated carbocycles. The first-order chi connectivity index (χ1) is 11.1. The van der Waals surface area contributed by atoms with Gasteiger partial charge >= 0.3 is 0 Å². The molecule has 3 aromatic rings. The minimum absolute atomic E-state index is 0.157. The monoisotopic (exact) mass is 346 g/mol. The van der Waals surface area contributed by atoms with Crippen LogP contribution < -0.4 is 5.32 Å². The first kappa shape index (κ1) is 15.7. The summed E-state index contributed by atoms with van der Waals surface area (Å²) in [5.74, 6) is 0.487. The van der Waals surface area contributed by atoms with E-state index in [9.17, 15) is 4.79 Å². The van der Waals surface area contributed by atoms with Crippen LogP contribution in [0.5, 0.6) is 0 Å². The molecule has 0 spiro atoms. The van der Waals surface area contributed by atoms with Gasteiger partial charge in [-0.3, -0.25) is 4.79 Å². The van der Waals surface area contributed by atoms with E-state index < -0.39 is 0 Å². The van der Waals surface area contributed by atoms with Gasteiger partial charge < -0.3 is 9.73 Å². The zero-order valence-electron chi connectivity index (χ0n) is 12.6. The van der Waals surface area contributed by atoms with Gasteiger partial charge in [0.05, 0.1) is 5.75 Å². The molecule has 0 radical (unpaired) electrons. The normalized spacial score (nSPS) is 10.7. The van der Waals surface area contributed by atoms with E-state index in [2.05, 4.69) is 27.4 Å². The fourth-order valence-corrected chi connectivity index (χ4v) is 2.94. The summed E-state index contributed by atoms with van der Waals surface area (Å²) in [5, 5.41) is 13.5. The number of carbonyl (C=O) groups is 1. The van der Waals surface area contributed by atoms with E-state index in [1.165, 1.54) is 28.7 Å². The topological polar surface area (TPSA) is 80.9 Å². The van der Waals surface area contributed by atoms with Crippen molar-refractivity contribution in [1.29, 1.82) is 0 Å². The number of rotatable bonds is 5. The van der Waals surface area contributed by atoms with Gasteiger partial charge in [-0.15, -0.1) is 21.5 Å². The van der Waals surface area contributed by atoms with Gasteiger partial charge in [0, 0.05) is 17.1 Å². The number of thioether (sulfide) groups is 1. The molecule has 0 saturated heterocycles. The number of thiazole rings is 1. The smallest absolute Gasteiger partial charge is 0.277 e. The third-order valence-electron chi connectivity index (χ3n) is 3.17. The van der Waals surface area contributed by atoms with Gasteiger partial charge in [-0.2, -0.15) is 0 Å². The Hall–Kier alpha value is -2.19. The molecule has 0 aliphatic heterocycles. The second-order valence-electron chi connectivity index (χ2n) is 4.85. The van der Waals surface area contributed by atoms with Crippen LogP contribution in [-0.4, -0.2) is 26.8 Å². The zero-order valence-corrected chi connectivity index (χ0v) is 14.2. The summed E-state index contributed by atoms with van der Waals surface area (Å²) in [6, 6.07) is 5.97. The van der Waals surface area contributed by atoms with Gasteiger partial charge in [0.1, 0.15) is 0 Å². The standard InChI is InChI=1S/C15H14N4O2S2/c1-9-3-4-11(7-10(9)2)13-18-19-15(21-13)23-8-12(20)17-14-16-5-6-22-14/h3-7H,8H2,1-2H3,(H,16,17,20). The highest BCUT2D eigenvalue weighted by molar-refractivity contribution is 7.99. The molecule has 2 heterocycles. The number of hydrogen-bond donors (Lipinski definition) is 1. The van der Waals surface area contributed by atoms with Crippen molar-refractivity contribution in [2.75, 3.05) is 11.1 Å². The van der Waals surface area contributed by atoms with Crippen molar-refractivity contribution in [1.82, 2.24) is 15.2 Å². The number of anilines is 1. The number of aromatic nitrogens is 3. The van der Waals surface area contributed by atoms with Gasteiger partial charge in [0.15, 0.2) is 5.13 Å². The van der Waals surface area contributed by atoms with Crippen molar-refractivity contribution in [2.24, 2.45) is 0 Å². The molecule has 0 atom stereocenters. The maximum Gasteiger partial charge on any atom is 0.277 e. The summed E-state index contributed by atoms with van der Waals surface area (Å²) >= 11 is 2.57. The van der Waals surface area contributed by atoms with Gasteiger partial charge in [-0.1, -0.05) is 17.8 Å². The van der Waals surface area contributed by atoms with Crippen LogP contribution in [0.2, 0.25) is 0 Å². The molecule has 0 aliphatic rings. The number of benzene rings is 1. The lowest BCUT2D eigenvalue weighted by Gasteiger charge is -2.01. The van der Waals surface area contributed by atoms with Crippen molar-refractivity contribution in [2.45, 2.75) is 19.1 Å². The molecule has 2 aromatic heterocycles. The SMILES string of the molecule is Cc1ccc(-c2nnc(SCC(=O)Nc3nccs3)o2)cc1C. The number of carbonyl (C=O) groups excluding carboxylic acids is 1. The number of amides is 1. The Bertz CT molecular complexity index is 815. The fourth-order valence-electron chi connectivity index (χ4n) is 1.83. The third-order valence-corrected chi connectivity index (χ3v) is 4.67. The Morgan fingerprint density at radius 1 is 1.30 bits per heavy atom. The van der Waals surface area contributed by atoms with Crippen molar-refractivity contribution in [3.8, 4) is 11.5 Å². The van der Waals surface area contributed by atoms with Crippen LogP contribution in [0.25, 0.3) is 11.5 Å². The molecule has 0 bridgehead atoms.